The molecule has 2 aliphatic rings. The van der Waals surface area contributed by atoms with Crippen LogP contribution in [0.1, 0.15) is 36.0 Å². The van der Waals surface area contributed by atoms with Crippen LogP contribution in [0, 0.1) is 5.82 Å². The van der Waals surface area contributed by atoms with Crippen molar-refractivity contribution in [1.29, 1.82) is 0 Å². The maximum absolute atomic E-state index is 14.0. The first-order chi connectivity index (χ1) is 15.2. The van der Waals surface area contributed by atoms with E-state index in [9.17, 15) is 4.39 Å². The highest BCUT2D eigenvalue weighted by Crippen LogP contribution is 2.42. The molecule has 31 heavy (non-hydrogen) atoms. The molecule has 0 amide bonds. The summed E-state index contributed by atoms with van der Waals surface area (Å²) in [6.45, 7) is 6.34. The fourth-order valence-corrected chi connectivity index (χ4v) is 5.05. The minimum Gasteiger partial charge on any atom is -0.319 e. The van der Waals surface area contributed by atoms with E-state index in [2.05, 4.69) is 47.3 Å². The van der Waals surface area contributed by atoms with Crippen LogP contribution >= 0.6 is 11.8 Å². The molecule has 0 aromatic heterocycles. The van der Waals surface area contributed by atoms with Gasteiger partial charge >= 0.3 is 0 Å². The highest BCUT2D eigenvalue weighted by Gasteiger charge is 2.20. The van der Waals surface area contributed by atoms with Crippen molar-refractivity contribution in [2.24, 2.45) is 4.99 Å². The first-order valence-corrected chi connectivity index (χ1v) is 11.5. The third-order valence-electron chi connectivity index (χ3n) is 5.65. The lowest BCUT2D eigenvalue weighted by molar-refractivity contribution is 0.189. The fourth-order valence-electron chi connectivity index (χ4n) is 4.05. The Hall–Kier alpha value is -2.89. The van der Waals surface area contributed by atoms with Gasteiger partial charge in [-0.3, -0.25) is 0 Å². The Labute approximate surface area is 186 Å². The second-order valence-electron chi connectivity index (χ2n) is 7.89. The Morgan fingerprint density at radius 3 is 2.61 bits per heavy atom. The van der Waals surface area contributed by atoms with E-state index >= 15 is 0 Å². The van der Waals surface area contributed by atoms with E-state index in [-0.39, 0.29) is 5.82 Å². The van der Waals surface area contributed by atoms with Crippen LogP contribution in [-0.2, 0) is 0 Å². The molecule has 3 aromatic carbocycles. The van der Waals surface area contributed by atoms with Crippen molar-refractivity contribution in [1.82, 2.24) is 10.4 Å². The second kappa shape index (κ2) is 8.69. The second-order valence-corrected chi connectivity index (χ2v) is 8.97. The molecule has 0 atom stereocenters. The number of hydrogen-bond donors (Lipinski definition) is 1. The maximum Gasteiger partial charge on any atom is 0.123 e. The SMILES string of the molecule is C=C(NN1CCCCC1)c1ccc2c(c1)N=C(c1cccc(F)c1)c1ccccc1S2. The minimum atomic E-state index is -0.261. The number of rotatable bonds is 4. The van der Waals surface area contributed by atoms with Crippen LogP contribution in [0.4, 0.5) is 10.1 Å². The van der Waals surface area contributed by atoms with E-state index in [0.717, 1.165) is 56.7 Å². The summed E-state index contributed by atoms with van der Waals surface area (Å²) in [5.74, 6) is -0.261. The zero-order valence-electron chi connectivity index (χ0n) is 17.3. The van der Waals surface area contributed by atoms with E-state index in [1.54, 1.807) is 23.9 Å². The first-order valence-electron chi connectivity index (χ1n) is 10.6. The van der Waals surface area contributed by atoms with Crippen LogP contribution < -0.4 is 5.43 Å². The van der Waals surface area contributed by atoms with Gasteiger partial charge in [-0.05, 0) is 43.2 Å². The molecule has 0 aliphatic carbocycles. The Kier molecular flexibility index (Phi) is 5.62. The Balaban J connectivity index is 1.55. The predicted octanol–water partition coefficient (Wildman–Crippen LogP) is 6.42. The van der Waals surface area contributed by atoms with Crippen molar-refractivity contribution in [2.75, 3.05) is 13.1 Å². The van der Waals surface area contributed by atoms with Crippen LogP contribution in [-0.4, -0.2) is 23.8 Å². The summed E-state index contributed by atoms with van der Waals surface area (Å²) in [5, 5.41) is 2.24. The summed E-state index contributed by atoms with van der Waals surface area (Å²) in [4.78, 5) is 7.22. The maximum atomic E-state index is 14.0. The van der Waals surface area contributed by atoms with Crippen LogP contribution in [0.5, 0.6) is 0 Å². The number of halogens is 1. The largest absolute Gasteiger partial charge is 0.319 e. The molecule has 0 bridgehead atoms. The number of piperidine rings is 1. The summed E-state index contributed by atoms with van der Waals surface area (Å²) in [6.07, 6.45) is 3.71. The molecule has 156 valence electrons. The Bertz CT molecular complexity index is 1160. The molecule has 1 N–H and O–H groups in total. The van der Waals surface area contributed by atoms with Crippen molar-refractivity contribution >= 4 is 28.9 Å². The standard InChI is InChI=1S/C26H24FN3S/c1-18(29-30-14-5-2-6-15-30)19-12-13-25-23(17-19)28-26(20-8-7-9-21(27)16-20)22-10-3-4-11-24(22)31-25/h3-4,7-13,16-17,29H,1-2,5-6,14-15H2. The lowest BCUT2D eigenvalue weighted by atomic mass is 10.0. The van der Waals surface area contributed by atoms with Gasteiger partial charge in [0, 0.05) is 45.3 Å². The topological polar surface area (TPSA) is 27.6 Å². The highest BCUT2D eigenvalue weighted by molar-refractivity contribution is 7.99. The summed E-state index contributed by atoms with van der Waals surface area (Å²) >= 11 is 1.69. The number of hydrogen-bond acceptors (Lipinski definition) is 4. The van der Waals surface area contributed by atoms with Gasteiger partial charge in [0.2, 0.25) is 0 Å². The van der Waals surface area contributed by atoms with Gasteiger partial charge in [-0.1, -0.05) is 61.2 Å². The van der Waals surface area contributed by atoms with Crippen LogP contribution in [0.3, 0.4) is 0 Å². The van der Waals surface area contributed by atoms with E-state index in [1.807, 2.05) is 18.2 Å². The lowest BCUT2D eigenvalue weighted by Gasteiger charge is -2.28. The van der Waals surface area contributed by atoms with Gasteiger partial charge in [-0.25, -0.2) is 14.4 Å². The number of nitrogens with one attached hydrogen (secondary N) is 1. The number of aliphatic imine (C=N–C) groups is 1. The van der Waals surface area contributed by atoms with Gasteiger partial charge in [0.25, 0.3) is 0 Å². The molecule has 2 aliphatic heterocycles. The normalized spacial score (nSPS) is 16.0. The molecular formula is C26H24FN3S. The summed E-state index contributed by atoms with van der Waals surface area (Å²) in [7, 11) is 0. The first kappa shape index (κ1) is 20.0. The summed E-state index contributed by atoms with van der Waals surface area (Å²) in [6, 6.07) is 21.1. The molecule has 3 aromatic rings. The van der Waals surface area contributed by atoms with Crippen LogP contribution in [0.15, 0.2) is 88.1 Å². The molecule has 5 heteroatoms. The number of hydrazine groups is 1. The average Bonchev–Trinajstić information content (AvgIpc) is 2.96. The fraction of sp³-hybridized carbons (Fsp3) is 0.192. The average molecular weight is 430 g/mol. The monoisotopic (exact) mass is 429 g/mol. The van der Waals surface area contributed by atoms with Crippen molar-refractivity contribution < 1.29 is 4.39 Å². The van der Waals surface area contributed by atoms with Crippen LogP contribution in [0.2, 0.25) is 0 Å². The van der Waals surface area contributed by atoms with Crippen molar-refractivity contribution in [3.8, 4) is 0 Å². The minimum absolute atomic E-state index is 0.261. The lowest BCUT2D eigenvalue weighted by Crippen LogP contribution is -2.40. The molecule has 1 fully saturated rings. The number of fused-ring (bicyclic) bond motifs is 2. The molecule has 0 radical (unpaired) electrons. The van der Waals surface area contributed by atoms with Crippen molar-refractivity contribution in [2.45, 2.75) is 29.1 Å². The third kappa shape index (κ3) is 4.29. The molecule has 0 saturated carbocycles. The van der Waals surface area contributed by atoms with Gasteiger partial charge in [0.1, 0.15) is 5.82 Å². The molecule has 1 saturated heterocycles. The van der Waals surface area contributed by atoms with Gasteiger partial charge in [0.15, 0.2) is 0 Å². The quantitative estimate of drug-likeness (QED) is 0.406. The molecule has 3 nitrogen and oxygen atoms in total. The van der Waals surface area contributed by atoms with E-state index in [4.69, 9.17) is 4.99 Å². The molecule has 5 rings (SSSR count). The third-order valence-corrected chi connectivity index (χ3v) is 6.79. The van der Waals surface area contributed by atoms with E-state index in [0.29, 0.717) is 0 Å². The summed E-state index contributed by atoms with van der Waals surface area (Å²) in [5.41, 5.74) is 8.79. The summed E-state index contributed by atoms with van der Waals surface area (Å²) < 4.78 is 14.0. The molecule has 0 spiro atoms. The number of nitrogens with zero attached hydrogens (tertiary/aromatic N) is 2. The highest BCUT2D eigenvalue weighted by atomic mass is 32.2. The van der Waals surface area contributed by atoms with E-state index in [1.165, 1.54) is 25.3 Å². The number of benzene rings is 3. The van der Waals surface area contributed by atoms with Gasteiger partial charge in [-0.15, -0.1) is 0 Å². The molecule has 2 heterocycles. The van der Waals surface area contributed by atoms with Gasteiger partial charge in [-0.2, -0.15) is 0 Å². The van der Waals surface area contributed by atoms with Crippen molar-refractivity contribution in [3.63, 3.8) is 0 Å². The Morgan fingerprint density at radius 1 is 0.935 bits per heavy atom. The van der Waals surface area contributed by atoms with Gasteiger partial charge in [0.05, 0.1) is 11.4 Å². The van der Waals surface area contributed by atoms with Gasteiger partial charge < -0.3 is 5.43 Å². The zero-order valence-corrected chi connectivity index (χ0v) is 18.1. The van der Waals surface area contributed by atoms with Crippen molar-refractivity contribution in [3.05, 3.63) is 95.8 Å². The van der Waals surface area contributed by atoms with Crippen LogP contribution in [0.25, 0.3) is 5.70 Å². The smallest absolute Gasteiger partial charge is 0.123 e. The molecule has 0 unspecified atom stereocenters. The Morgan fingerprint density at radius 2 is 1.77 bits per heavy atom. The van der Waals surface area contributed by atoms with E-state index < -0.39 is 0 Å². The zero-order chi connectivity index (χ0) is 21.2. The molecular weight excluding hydrogens is 405 g/mol. The predicted molar refractivity (Wildman–Crippen MR) is 126 cm³/mol.